The molecule has 3 aliphatic carbocycles. The summed E-state index contributed by atoms with van der Waals surface area (Å²) in [5.74, 6) is 0.713. The molecule has 0 spiro atoms. The van der Waals surface area contributed by atoms with Crippen molar-refractivity contribution in [1.82, 2.24) is 0 Å². The van der Waals surface area contributed by atoms with E-state index in [9.17, 15) is 20.2 Å². The van der Waals surface area contributed by atoms with Crippen LogP contribution in [0.1, 0.15) is 31.4 Å². The quantitative estimate of drug-likeness (QED) is 0.344. The molecule has 0 radical (unpaired) electrons. The minimum atomic E-state index is -0.632. The smallest absolute Gasteiger partial charge is 0.317 e. The first-order valence-corrected chi connectivity index (χ1v) is 11.5. The fourth-order valence-electron chi connectivity index (χ4n) is 8.05. The minimum Gasteiger partial charge on any atom is -0.483 e. The van der Waals surface area contributed by atoms with E-state index in [4.69, 9.17) is 4.74 Å². The third-order valence-corrected chi connectivity index (χ3v) is 8.99. The van der Waals surface area contributed by atoms with Crippen molar-refractivity contribution in [3.63, 3.8) is 0 Å². The molecule has 0 saturated heterocycles. The van der Waals surface area contributed by atoms with Crippen LogP contribution in [0.5, 0.6) is 5.75 Å². The van der Waals surface area contributed by atoms with E-state index in [1.807, 2.05) is 12.1 Å². The molecule has 5 atom stereocenters. The maximum absolute atomic E-state index is 11.6. The van der Waals surface area contributed by atoms with Gasteiger partial charge in [0.1, 0.15) is 6.10 Å². The first kappa shape index (κ1) is 20.8. The van der Waals surface area contributed by atoms with Crippen LogP contribution in [0.25, 0.3) is 0 Å². The van der Waals surface area contributed by atoms with Gasteiger partial charge in [-0.05, 0) is 34.9 Å². The Labute approximate surface area is 196 Å². The fraction of sp³-hybridized carbons (Fsp3) is 0.333. The van der Waals surface area contributed by atoms with Gasteiger partial charge in [0, 0.05) is 22.8 Å². The average Bonchev–Trinajstić information content (AvgIpc) is 3.21. The maximum Gasteiger partial charge on any atom is 0.317 e. The number of non-ortho nitro benzene ring substituents is 1. The van der Waals surface area contributed by atoms with Gasteiger partial charge < -0.3 is 4.74 Å². The van der Waals surface area contributed by atoms with Crippen LogP contribution < -0.4 is 4.74 Å². The van der Waals surface area contributed by atoms with Crippen LogP contribution in [0.2, 0.25) is 0 Å². The van der Waals surface area contributed by atoms with Gasteiger partial charge in [-0.3, -0.25) is 20.2 Å². The molecule has 3 aromatic rings. The summed E-state index contributed by atoms with van der Waals surface area (Å²) in [5.41, 5.74) is 1.77. The van der Waals surface area contributed by atoms with Crippen LogP contribution >= 0.6 is 0 Å². The third-order valence-electron chi connectivity index (χ3n) is 8.99. The second-order valence-corrected chi connectivity index (χ2v) is 10.2. The lowest BCUT2D eigenvalue weighted by Gasteiger charge is -2.62. The largest absolute Gasteiger partial charge is 0.483 e. The van der Waals surface area contributed by atoms with Gasteiger partial charge in [0.25, 0.3) is 5.69 Å². The second kappa shape index (κ2) is 6.65. The van der Waals surface area contributed by atoms with Crippen LogP contribution in [0.4, 0.5) is 11.4 Å². The summed E-state index contributed by atoms with van der Waals surface area (Å²) in [7, 11) is 0. The Morgan fingerprint density at radius 2 is 1.41 bits per heavy atom. The Morgan fingerprint density at radius 1 is 0.824 bits per heavy atom. The molecule has 172 valence electrons. The van der Waals surface area contributed by atoms with Crippen molar-refractivity contribution in [2.45, 2.75) is 37.2 Å². The molecule has 7 nitrogen and oxygen atoms in total. The molecule has 0 aromatic heterocycles. The highest BCUT2D eigenvalue weighted by Gasteiger charge is 2.99. The van der Waals surface area contributed by atoms with E-state index in [1.165, 1.54) is 23.3 Å². The maximum atomic E-state index is 11.6. The Kier molecular flexibility index (Phi) is 4.08. The highest BCUT2D eigenvalue weighted by molar-refractivity contribution is 5.66. The highest BCUT2D eigenvalue weighted by Crippen LogP contribution is 2.96. The predicted molar refractivity (Wildman–Crippen MR) is 126 cm³/mol. The molecule has 3 saturated carbocycles. The Hall–Kier alpha value is -3.74. The third kappa shape index (κ3) is 2.18. The molecule has 34 heavy (non-hydrogen) atoms. The summed E-state index contributed by atoms with van der Waals surface area (Å²) in [6.07, 6.45) is 0.607. The van der Waals surface area contributed by atoms with E-state index in [0.717, 1.165) is 12.5 Å². The van der Waals surface area contributed by atoms with Crippen molar-refractivity contribution in [1.29, 1.82) is 0 Å². The summed E-state index contributed by atoms with van der Waals surface area (Å²) in [6.45, 7) is 4.66. The zero-order valence-corrected chi connectivity index (χ0v) is 18.9. The normalized spacial score (nSPS) is 31.8. The first-order chi connectivity index (χ1) is 16.3. The van der Waals surface area contributed by atoms with E-state index >= 15 is 0 Å². The lowest BCUT2D eigenvalue weighted by atomic mass is 9.43. The number of ether oxygens (including phenoxy) is 1. The number of nitrogens with zero attached hydrogens (tertiary/aromatic N) is 2. The molecule has 3 aliphatic rings. The molecule has 0 heterocycles. The monoisotopic (exact) mass is 456 g/mol. The van der Waals surface area contributed by atoms with Gasteiger partial charge in [-0.2, -0.15) is 0 Å². The van der Waals surface area contributed by atoms with Crippen molar-refractivity contribution in [3.8, 4) is 5.75 Å². The summed E-state index contributed by atoms with van der Waals surface area (Å²) < 4.78 is 6.26. The average molecular weight is 456 g/mol. The predicted octanol–water partition coefficient (Wildman–Crippen LogP) is 5.82. The molecule has 3 aromatic carbocycles. The zero-order chi connectivity index (χ0) is 23.9. The van der Waals surface area contributed by atoms with Crippen molar-refractivity contribution in [2.24, 2.45) is 17.3 Å². The number of rotatable bonds is 6. The summed E-state index contributed by atoms with van der Waals surface area (Å²) in [6, 6.07) is 24.8. The van der Waals surface area contributed by atoms with Crippen LogP contribution in [0, 0.1) is 37.5 Å². The standard InChI is InChI=1S/C27H24N2O5/c1-25(2)26(17-9-5-3-6-10-17)20-16-23(24(20)27(25,26)18-11-7-4-8-12-18)34-22-14-13-19(28(30)31)15-21(22)29(32)33/h3-15,20,23-24H,16H2,1-2H3/t20-,23-,24+,26-,27+/m0/s1. The van der Waals surface area contributed by atoms with Crippen LogP contribution in [0.3, 0.4) is 0 Å². The van der Waals surface area contributed by atoms with Gasteiger partial charge in [-0.15, -0.1) is 0 Å². The van der Waals surface area contributed by atoms with E-state index < -0.39 is 9.85 Å². The van der Waals surface area contributed by atoms with Gasteiger partial charge in [-0.25, -0.2) is 0 Å². The van der Waals surface area contributed by atoms with Gasteiger partial charge >= 0.3 is 5.69 Å². The van der Waals surface area contributed by atoms with Crippen LogP contribution in [-0.2, 0) is 10.8 Å². The summed E-state index contributed by atoms with van der Waals surface area (Å²) >= 11 is 0. The molecule has 0 aliphatic heterocycles. The molecule has 0 N–H and O–H groups in total. The van der Waals surface area contributed by atoms with Gasteiger partial charge in [0.15, 0.2) is 5.75 Å². The fourth-order valence-corrected chi connectivity index (χ4v) is 8.05. The topological polar surface area (TPSA) is 95.5 Å². The highest BCUT2D eigenvalue weighted by atomic mass is 16.6. The van der Waals surface area contributed by atoms with Crippen LogP contribution in [-0.4, -0.2) is 16.0 Å². The van der Waals surface area contributed by atoms with E-state index in [2.05, 4.69) is 62.4 Å². The SMILES string of the molecule is CC1(C)[C@]2(c3ccccc3)[C@H]3C[C@H](Oc4ccc([N+](=O)[O-])cc4[N+](=O)[O-])[C@@H]3[C@]12c1ccccc1. The van der Waals surface area contributed by atoms with Crippen molar-refractivity contribution in [3.05, 3.63) is 110 Å². The van der Waals surface area contributed by atoms with E-state index in [0.29, 0.717) is 5.92 Å². The number of hydrogen-bond donors (Lipinski definition) is 0. The molecule has 6 rings (SSSR count). The molecular formula is C27H24N2O5. The number of fused-ring (bicyclic) bond motifs is 4. The van der Waals surface area contributed by atoms with Gasteiger partial charge in [-0.1, -0.05) is 74.5 Å². The number of benzene rings is 3. The van der Waals surface area contributed by atoms with Crippen molar-refractivity contribution in [2.75, 3.05) is 0 Å². The Bertz CT molecular complexity index is 1330. The van der Waals surface area contributed by atoms with Crippen molar-refractivity contribution >= 4 is 11.4 Å². The number of nitro groups is 2. The van der Waals surface area contributed by atoms with Gasteiger partial charge in [0.05, 0.1) is 15.9 Å². The van der Waals surface area contributed by atoms with Crippen molar-refractivity contribution < 1.29 is 14.6 Å². The van der Waals surface area contributed by atoms with Crippen LogP contribution in [0.15, 0.2) is 78.9 Å². The number of nitro benzene ring substituents is 2. The zero-order valence-electron chi connectivity index (χ0n) is 18.9. The lowest BCUT2D eigenvalue weighted by molar-refractivity contribution is -0.395. The summed E-state index contributed by atoms with van der Waals surface area (Å²) in [4.78, 5) is 21.5. The van der Waals surface area contributed by atoms with Gasteiger partial charge in [0.2, 0.25) is 0 Å². The summed E-state index contributed by atoms with van der Waals surface area (Å²) in [5, 5.41) is 22.8. The molecule has 7 heteroatoms. The second-order valence-electron chi connectivity index (χ2n) is 10.2. The first-order valence-electron chi connectivity index (χ1n) is 11.5. The number of hydrogen-bond acceptors (Lipinski definition) is 5. The molecule has 0 unspecified atom stereocenters. The molecular weight excluding hydrogens is 432 g/mol. The molecule has 3 fully saturated rings. The molecule has 0 bridgehead atoms. The minimum absolute atomic E-state index is 0.00541. The molecule has 0 amide bonds. The Balaban J connectivity index is 1.41. The van der Waals surface area contributed by atoms with E-state index in [-0.39, 0.29) is 45.4 Å². The van der Waals surface area contributed by atoms with E-state index in [1.54, 1.807) is 0 Å². The Morgan fingerprint density at radius 3 is 1.97 bits per heavy atom. The lowest BCUT2D eigenvalue weighted by Crippen LogP contribution is -2.66.